The second-order valence-electron chi connectivity index (χ2n) is 6.10. The van der Waals surface area contributed by atoms with Crippen LogP contribution in [0.3, 0.4) is 0 Å². The number of benzene rings is 2. The van der Waals surface area contributed by atoms with E-state index in [1.54, 1.807) is 18.2 Å². The summed E-state index contributed by atoms with van der Waals surface area (Å²) in [5.41, 5.74) is -0.106. The average molecular weight is 395 g/mol. The zero-order valence-electron chi connectivity index (χ0n) is 15.0. The van der Waals surface area contributed by atoms with Gasteiger partial charge in [-0.2, -0.15) is 9.97 Å². The Bertz CT molecular complexity index is 1260. The molecule has 0 bridgehead atoms. The molecule has 29 heavy (non-hydrogen) atoms. The van der Waals surface area contributed by atoms with E-state index in [2.05, 4.69) is 9.97 Å². The number of halogens is 2. The van der Waals surface area contributed by atoms with E-state index in [0.717, 1.165) is 4.57 Å². The van der Waals surface area contributed by atoms with Crippen molar-refractivity contribution in [2.75, 3.05) is 13.2 Å². The van der Waals surface area contributed by atoms with E-state index >= 15 is 0 Å². The maximum Gasteiger partial charge on any atom is 0.319 e. The lowest BCUT2D eigenvalue weighted by Gasteiger charge is -2.14. The summed E-state index contributed by atoms with van der Waals surface area (Å²) in [6, 6.07) is 14.3. The van der Waals surface area contributed by atoms with Crippen LogP contribution in [-0.2, 0) is 0 Å². The van der Waals surface area contributed by atoms with Gasteiger partial charge in [-0.1, -0.05) is 24.3 Å². The molecule has 1 N–H and O–H groups in total. The Morgan fingerprint density at radius 2 is 1.66 bits per heavy atom. The van der Waals surface area contributed by atoms with Crippen molar-refractivity contribution in [2.24, 2.45) is 0 Å². The van der Waals surface area contributed by atoms with Gasteiger partial charge >= 0.3 is 6.01 Å². The topological polar surface area (TPSA) is 77.2 Å². The molecule has 0 unspecified atom stereocenters. The molecule has 8 heteroatoms. The first kappa shape index (κ1) is 18.7. The monoisotopic (exact) mass is 395 g/mol. The first-order valence-electron chi connectivity index (χ1n) is 8.77. The number of para-hydroxylation sites is 1. The summed E-state index contributed by atoms with van der Waals surface area (Å²) < 4.78 is 35.3. The number of aliphatic hydroxyl groups is 1. The number of hydrogen-bond donors (Lipinski definition) is 1. The van der Waals surface area contributed by atoms with Crippen LogP contribution in [0.15, 0.2) is 65.5 Å². The second kappa shape index (κ2) is 7.76. The lowest BCUT2D eigenvalue weighted by molar-refractivity contribution is 0.192. The number of hydrogen-bond acceptors (Lipinski definition) is 5. The van der Waals surface area contributed by atoms with E-state index in [9.17, 15) is 13.6 Å². The fourth-order valence-electron chi connectivity index (χ4n) is 3.02. The van der Waals surface area contributed by atoms with Gasteiger partial charge in [0, 0.05) is 17.0 Å². The molecule has 0 saturated heterocycles. The molecule has 2 aromatic carbocycles. The summed E-state index contributed by atoms with van der Waals surface area (Å²) in [7, 11) is 0. The number of nitrogens with zero attached hydrogens (tertiary/aromatic N) is 3. The fourth-order valence-corrected chi connectivity index (χ4v) is 3.02. The van der Waals surface area contributed by atoms with Gasteiger partial charge in [-0.3, -0.25) is 9.36 Å². The highest BCUT2D eigenvalue weighted by molar-refractivity contribution is 5.91. The third kappa shape index (κ3) is 3.45. The van der Waals surface area contributed by atoms with Gasteiger partial charge in [-0.05, 0) is 30.3 Å². The van der Waals surface area contributed by atoms with E-state index < -0.39 is 17.2 Å². The average Bonchev–Trinajstić information content (AvgIpc) is 2.73. The molecular formula is C21H15F2N3O3. The van der Waals surface area contributed by atoms with E-state index in [1.165, 1.54) is 42.5 Å². The highest BCUT2D eigenvalue weighted by atomic mass is 19.1. The normalized spacial score (nSPS) is 11.0. The lowest BCUT2D eigenvalue weighted by atomic mass is 10.1. The summed E-state index contributed by atoms with van der Waals surface area (Å²) in [5.74, 6) is -1.14. The molecule has 0 amide bonds. The smallest absolute Gasteiger partial charge is 0.319 e. The van der Waals surface area contributed by atoms with E-state index in [1.807, 2.05) is 0 Å². The van der Waals surface area contributed by atoms with Gasteiger partial charge in [0.1, 0.15) is 18.2 Å². The summed E-state index contributed by atoms with van der Waals surface area (Å²) >= 11 is 0. The van der Waals surface area contributed by atoms with Gasteiger partial charge < -0.3 is 9.84 Å². The molecule has 0 atom stereocenters. The van der Waals surface area contributed by atoms with Crippen LogP contribution in [0.1, 0.15) is 0 Å². The third-order valence-corrected chi connectivity index (χ3v) is 4.27. The van der Waals surface area contributed by atoms with Crippen LogP contribution in [0.5, 0.6) is 6.01 Å². The van der Waals surface area contributed by atoms with Crippen LogP contribution in [0, 0.1) is 11.6 Å². The van der Waals surface area contributed by atoms with Gasteiger partial charge in [-0.15, -0.1) is 0 Å². The van der Waals surface area contributed by atoms with Gasteiger partial charge in [0.05, 0.1) is 18.0 Å². The van der Waals surface area contributed by atoms with Gasteiger partial charge in [0.2, 0.25) is 0 Å². The van der Waals surface area contributed by atoms with Gasteiger partial charge in [0.15, 0.2) is 5.65 Å². The van der Waals surface area contributed by atoms with Crippen molar-refractivity contribution in [2.45, 2.75) is 0 Å². The molecule has 0 saturated carbocycles. The molecule has 0 aliphatic carbocycles. The minimum absolute atomic E-state index is 0.00519. The third-order valence-electron chi connectivity index (χ3n) is 4.27. The van der Waals surface area contributed by atoms with Crippen molar-refractivity contribution in [1.82, 2.24) is 14.5 Å². The highest BCUT2D eigenvalue weighted by Gasteiger charge is 2.18. The molecule has 0 spiro atoms. The van der Waals surface area contributed by atoms with Crippen LogP contribution >= 0.6 is 0 Å². The Morgan fingerprint density at radius 3 is 2.38 bits per heavy atom. The number of aromatic nitrogens is 3. The maximum atomic E-state index is 14.5. The molecule has 2 heterocycles. The molecule has 0 radical (unpaired) electrons. The van der Waals surface area contributed by atoms with E-state index in [-0.39, 0.29) is 41.8 Å². The zero-order chi connectivity index (χ0) is 20.4. The van der Waals surface area contributed by atoms with Crippen LogP contribution in [-0.4, -0.2) is 32.9 Å². The summed E-state index contributed by atoms with van der Waals surface area (Å²) in [6.07, 6.45) is 0. The Morgan fingerprint density at radius 1 is 0.931 bits per heavy atom. The SMILES string of the molecule is O=c1ccc2c(-c3ccccc3F)nc(OCCO)nc2n1-c1ccccc1F. The van der Waals surface area contributed by atoms with E-state index in [0.29, 0.717) is 5.39 Å². The minimum atomic E-state index is -0.619. The first-order valence-corrected chi connectivity index (χ1v) is 8.77. The minimum Gasteiger partial charge on any atom is -0.461 e. The van der Waals surface area contributed by atoms with Crippen molar-refractivity contribution in [3.63, 3.8) is 0 Å². The molecule has 4 rings (SSSR count). The van der Waals surface area contributed by atoms with Crippen molar-refractivity contribution in [1.29, 1.82) is 0 Å². The quantitative estimate of drug-likeness (QED) is 0.562. The Balaban J connectivity index is 2.09. The number of fused-ring (bicyclic) bond motifs is 1. The van der Waals surface area contributed by atoms with Crippen LogP contribution in [0.2, 0.25) is 0 Å². The van der Waals surface area contributed by atoms with Crippen LogP contribution in [0.4, 0.5) is 8.78 Å². The van der Waals surface area contributed by atoms with Crippen molar-refractivity contribution < 1.29 is 18.6 Å². The predicted octanol–water partition coefficient (Wildman–Crippen LogP) is 3.10. The Hall–Kier alpha value is -3.65. The van der Waals surface area contributed by atoms with Gasteiger partial charge in [0.25, 0.3) is 5.56 Å². The fraction of sp³-hybridized carbons (Fsp3) is 0.0952. The summed E-state index contributed by atoms with van der Waals surface area (Å²) in [6.45, 7) is -0.385. The molecule has 4 aromatic rings. The van der Waals surface area contributed by atoms with Crippen LogP contribution in [0.25, 0.3) is 28.0 Å². The molecule has 2 aromatic heterocycles. The molecule has 0 aliphatic heterocycles. The van der Waals surface area contributed by atoms with E-state index in [4.69, 9.17) is 9.84 Å². The number of rotatable bonds is 5. The van der Waals surface area contributed by atoms with Gasteiger partial charge in [-0.25, -0.2) is 8.78 Å². The van der Waals surface area contributed by atoms with Crippen molar-refractivity contribution in [3.05, 3.63) is 82.7 Å². The van der Waals surface area contributed by atoms with Crippen molar-refractivity contribution >= 4 is 11.0 Å². The zero-order valence-corrected chi connectivity index (χ0v) is 15.0. The molecular weight excluding hydrogens is 380 g/mol. The largest absolute Gasteiger partial charge is 0.461 e. The lowest BCUT2D eigenvalue weighted by Crippen LogP contribution is -2.20. The Labute approximate surface area is 163 Å². The van der Waals surface area contributed by atoms with Crippen molar-refractivity contribution in [3.8, 4) is 23.0 Å². The molecule has 6 nitrogen and oxygen atoms in total. The number of ether oxygens (including phenoxy) is 1. The number of aliphatic hydroxyl groups excluding tert-OH is 1. The maximum absolute atomic E-state index is 14.5. The summed E-state index contributed by atoms with van der Waals surface area (Å²) in [4.78, 5) is 21.1. The first-order chi connectivity index (χ1) is 14.1. The standard InChI is InChI=1S/C21H15F2N3O3/c22-15-6-2-1-5-13(15)19-14-9-10-18(28)26(17-8-4-3-7-16(17)23)20(14)25-21(24-19)29-12-11-27/h1-10,27H,11-12H2. The second-order valence-corrected chi connectivity index (χ2v) is 6.10. The number of pyridine rings is 1. The predicted molar refractivity (Wildman–Crippen MR) is 103 cm³/mol. The summed E-state index contributed by atoms with van der Waals surface area (Å²) in [5, 5.41) is 9.38. The molecule has 0 fully saturated rings. The Kier molecular flexibility index (Phi) is 5.01. The molecule has 0 aliphatic rings. The molecule has 146 valence electrons. The van der Waals surface area contributed by atoms with Crippen LogP contribution < -0.4 is 10.3 Å². The highest BCUT2D eigenvalue weighted by Crippen LogP contribution is 2.30.